The third-order valence-electron chi connectivity index (χ3n) is 2.41. The SMILES string of the molecule is NC(=O)c1ccc(C(=O)Oc2ncc(C(N)=O)[nH]2)cc1. The zero-order valence-corrected chi connectivity index (χ0v) is 10.1. The molecule has 1 heterocycles. The third kappa shape index (κ3) is 2.80. The Morgan fingerprint density at radius 2 is 1.60 bits per heavy atom. The van der Waals surface area contributed by atoms with E-state index in [1.165, 1.54) is 24.3 Å². The van der Waals surface area contributed by atoms with Crippen LogP contribution in [0.1, 0.15) is 31.2 Å². The van der Waals surface area contributed by atoms with Crippen LogP contribution >= 0.6 is 0 Å². The maximum atomic E-state index is 11.8. The van der Waals surface area contributed by atoms with E-state index in [0.717, 1.165) is 6.20 Å². The normalized spacial score (nSPS) is 10.0. The van der Waals surface area contributed by atoms with Crippen molar-refractivity contribution in [3.63, 3.8) is 0 Å². The van der Waals surface area contributed by atoms with Crippen LogP contribution in [0, 0.1) is 0 Å². The van der Waals surface area contributed by atoms with Gasteiger partial charge >= 0.3 is 12.0 Å². The molecule has 2 amide bonds. The predicted molar refractivity (Wildman–Crippen MR) is 67.0 cm³/mol. The predicted octanol–water partition coefficient (Wildman–Crippen LogP) is -0.173. The van der Waals surface area contributed by atoms with Crippen LogP contribution in [0.15, 0.2) is 30.5 Å². The van der Waals surface area contributed by atoms with Crippen molar-refractivity contribution in [2.24, 2.45) is 11.5 Å². The fourth-order valence-electron chi connectivity index (χ4n) is 1.40. The standard InChI is InChI=1S/C12H10N4O4/c13-9(17)6-1-3-7(4-2-6)11(19)20-12-15-5-8(16-12)10(14)18/h1-5H,(H2,13,17)(H2,14,18)(H,15,16). The van der Waals surface area contributed by atoms with Crippen molar-refractivity contribution in [2.75, 3.05) is 0 Å². The number of carbonyl (C=O) groups is 3. The van der Waals surface area contributed by atoms with Crippen molar-refractivity contribution in [1.82, 2.24) is 9.97 Å². The number of imidazole rings is 1. The lowest BCUT2D eigenvalue weighted by Crippen LogP contribution is -2.13. The molecule has 2 aromatic rings. The van der Waals surface area contributed by atoms with Crippen LogP contribution in [-0.2, 0) is 0 Å². The first-order valence-corrected chi connectivity index (χ1v) is 5.44. The number of carbonyl (C=O) groups excluding carboxylic acids is 3. The highest BCUT2D eigenvalue weighted by Crippen LogP contribution is 2.09. The first-order valence-electron chi connectivity index (χ1n) is 5.44. The van der Waals surface area contributed by atoms with Crippen molar-refractivity contribution in [3.8, 4) is 6.01 Å². The van der Waals surface area contributed by atoms with E-state index in [-0.39, 0.29) is 22.8 Å². The molecular weight excluding hydrogens is 264 g/mol. The van der Waals surface area contributed by atoms with E-state index in [4.69, 9.17) is 16.2 Å². The second kappa shape index (κ2) is 5.22. The monoisotopic (exact) mass is 274 g/mol. The van der Waals surface area contributed by atoms with Crippen LogP contribution in [0.25, 0.3) is 0 Å². The largest absolute Gasteiger partial charge is 0.388 e. The summed E-state index contributed by atoms with van der Waals surface area (Å²) in [6.07, 6.45) is 1.15. The van der Waals surface area contributed by atoms with Gasteiger partial charge in [0.05, 0.1) is 11.8 Å². The van der Waals surface area contributed by atoms with Crippen LogP contribution in [-0.4, -0.2) is 27.8 Å². The van der Waals surface area contributed by atoms with Gasteiger partial charge in [0.15, 0.2) is 0 Å². The van der Waals surface area contributed by atoms with Gasteiger partial charge in [-0.3, -0.25) is 9.59 Å². The lowest BCUT2D eigenvalue weighted by Gasteiger charge is -2.01. The Morgan fingerprint density at radius 3 is 2.10 bits per heavy atom. The summed E-state index contributed by atoms with van der Waals surface area (Å²) in [5.41, 5.74) is 10.6. The number of nitrogens with zero attached hydrogens (tertiary/aromatic N) is 1. The minimum atomic E-state index is -0.717. The van der Waals surface area contributed by atoms with Crippen LogP contribution < -0.4 is 16.2 Å². The molecule has 0 atom stereocenters. The first-order chi connectivity index (χ1) is 9.47. The number of H-pyrrole nitrogens is 1. The average molecular weight is 274 g/mol. The van der Waals surface area contributed by atoms with Gasteiger partial charge in [0.25, 0.3) is 5.91 Å². The Kier molecular flexibility index (Phi) is 3.47. The molecule has 8 heteroatoms. The van der Waals surface area contributed by atoms with E-state index >= 15 is 0 Å². The summed E-state index contributed by atoms with van der Waals surface area (Å²) in [4.78, 5) is 39.6. The van der Waals surface area contributed by atoms with Gasteiger partial charge in [-0.25, -0.2) is 9.78 Å². The Balaban J connectivity index is 2.11. The molecule has 0 radical (unpaired) electrons. The summed E-state index contributed by atoms with van der Waals surface area (Å²) in [5, 5.41) is 0. The Bertz CT molecular complexity index is 675. The van der Waals surface area contributed by atoms with Gasteiger partial charge in [-0.15, -0.1) is 0 Å². The molecule has 0 unspecified atom stereocenters. The lowest BCUT2D eigenvalue weighted by atomic mass is 10.1. The van der Waals surface area contributed by atoms with Crippen LogP contribution in [0.2, 0.25) is 0 Å². The van der Waals surface area contributed by atoms with Gasteiger partial charge in [-0.1, -0.05) is 0 Å². The molecule has 0 saturated heterocycles. The fourth-order valence-corrected chi connectivity index (χ4v) is 1.40. The molecular formula is C12H10N4O4. The second-order valence-electron chi connectivity index (χ2n) is 3.80. The number of nitrogens with two attached hydrogens (primary N) is 2. The summed E-state index contributed by atoms with van der Waals surface area (Å²) in [6.45, 7) is 0. The number of benzene rings is 1. The number of ether oxygens (including phenoxy) is 1. The number of aromatic nitrogens is 2. The smallest absolute Gasteiger partial charge is 0.345 e. The van der Waals surface area contributed by atoms with E-state index in [2.05, 4.69) is 9.97 Å². The van der Waals surface area contributed by atoms with E-state index in [1.807, 2.05) is 0 Å². The summed E-state index contributed by atoms with van der Waals surface area (Å²) in [6, 6.07) is 5.43. The molecule has 0 aliphatic rings. The molecule has 102 valence electrons. The minimum absolute atomic E-state index is 0.0249. The number of amides is 2. The molecule has 2 rings (SSSR count). The second-order valence-corrected chi connectivity index (χ2v) is 3.80. The molecule has 20 heavy (non-hydrogen) atoms. The zero-order chi connectivity index (χ0) is 14.7. The van der Waals surface area contributed by atoms with Crippen LogP contribution in [0.3, 0.4) is 0 Å². The molecule has 5 N–H and O–H groups in total. The van der Waals surface area contributed by atoms with Gasteiger partial charge in [-0.05, 0) is 24.3 Å². The quantitative estimate of drug-likeness (QED) is 0.663. The fraction of sp³-hybridized carbons (Fsp3) is 0. The molecule has 0 saturated carbocycles. The van der Waals surface area contributed by atoms with Gasteiger partial charge in [0.1, 0.15) is 5.69 Å². The number of aromatic amines is 1. The van der Waals surface area contributed by atoms with Gasteiger partial charge in [0.2, 0.25) is 5.91 Å². The number of esters is 1. The van der Waals surface area contributed by atoms with E-state index in [9.17, 15) is 14.4 Å². The van der Waals surface area contributed by atoms with E-state index < -0.39 is 17.8 Å². The van der Waals surface area contributed by atoms with Gasteiger partial charge in [0, 0.05) is 5.56 Å². The molecule has 8 nitrogen and oxygen atoms in total. The van der Waals surface area contributed by atoms with E-state index in [1.54, 1.807) is 0 Å². The molecule has 0 spiro atoms. The number of hydrogen-bond acceptors (Lipinski definition) is 5. The van der Waals surface area contributed by atoms with Gasteiger partial charge < -0.3 is 21.2 Å². The van der Waals surface area contributed by atoms with Crippen molar-refractivity contribution >= 4 is 17.8 Å². The maximum absolute atomic E-state index is 11.8. The molecule has 0 aliphatic heterocycles. The summed E-state index contributed by atoms with van der Waals surface area (Å²) in [7, 11) is 0. The minimum Gasteiger partial charge on any atom is -0.388 e. The topological polar surface area (TPSA) is 141 Å². The van der Waals surface area contributed by atoms with Crippen molar-refractivity contribution in [1.29, 1.82) is 0 Å². The lowest BCUT2D eigenvalue weighted by molar-refractivity contribution is 0.0719. The highest BCUT2D eigenvalue weighted by molar-refractivity contribution is 5.95. The molecule has 1 aromatic heterocycles. The zero-order valence-electron chi connectivity index (χ0n) is 10.1. The molecule has 1 aromatic carbocycles. The van der Waals surface area contributed by atoms with Crippen molar-refractivity contribution < 1.29 is 19.1 Å². The van der Waals surface area contributed by atoms with Crippen LogP contribution in [0.5, 0.6) is 6.01 Å². The highest BCUT2D eigenvalue weighted by atomic mass is 16.5. The highest BCUT2D eigenvalue weighted by Gasteiger charge is 2.13. The number of nitrogens with one attached hydrogen (secondary N) is 1. The first kappa shape index (κ1) is 13.3. The maximum Gasteiger partial charge on any atom is 0.345 e. The third-order valence-corrected chi connectivity index (χ3v) is 2.41. The van der Waals surface area contributed by atoms with E-state index in [0.29, 0.717) is 0 Å². The summed E-state index contributed by atoms with van der Waals surface area (Å²) >= 11 is 0. The molecule has 0 bridgehead atoms. The Morgan fingerprint density at radius 1 is 1.00 bits per heavy atom. The van der Waals surface area contributed by atoms with Crippen molar-refractivity contribution in [3.05, 3.63) is 47.3 Å². The Labute approximate surface area is 112 Å². The average Bonchev–Trinajstić information content (AvgIpc) is 2.87. The number of primary amides is 2. The molecule has 0 fully saturated rings. The van der Waals surface area contributed by atoms with Crippen LogP contribution in [0.4, 0.5) is 0 Å². The number of hydrogen-bond donors (Lipinski definition) is 3. The molecule has 0 aliphatic carbocycles. The number of rotatable bonds is 4. The van der Waals surface area contributed by atoms with Gasteiger partial charge in [-0.2, -0.15) is 0 Å². The van der Waals surface area contributed by atoms with Crippen molar-refractivity contribution in [2.45, 2.75) is 0 Å². The summed E-state index contributed by atoms with van der Waals surface area (Å²) < 4.78 is 4.90. The summed E-state index contributed by atoms with van der Waals surface area (Å²) in [5.74, 6) is -2.01. The Hall–Kier alpha value is -3.16.